The zero-order chi connectivity index (χ0) is 16.2. The van der Waals surface area contributed by atoms with Gasteiger partial charge in [-0.05, 0) is 32.0 Å². The van der Waals surface area contributed by atoms with Crippen molar-refractivity contribution in [2.45, 2.75) is 49.7 Å². The molecular formula is C18H28ClNO2S. The number of carbonyl (C=O) groups is 1. The molecule has 0 aliphatic carbocycles. The molecule has 2 rings (SSSR count). The maximum absolute atomic E-state index is 11.6. The molecule has 3 nitrogen and oxygen atoms in total. The summed E-state index contributed by atoms with van der Waals surface area (Å²) < 4.78 is 5.63. The summed E-state index contributed by atoms with van der Waals surface area (Å²) in [4.78, 5) is 13.9. The molecule has 1 heterocycles. The van der Waals surface area contributed by atoms with Crippen molar-refractivity contribution in [3.63, 3.8) is 0 Å². The Labute approximate surface area is 150 Å². The molecule has 1 aliphatic heterocycles. The second kappa shape index (κ2) is 8.95. The van der Waals surface area contributed by atoms with Gasteiger partial charge in [-0.2, -0.15) is 0 Å². The van der Waals surface area contributed by atoms with Gasteiger partial charge in [0.1, 0.15) is 6.10 Å². The molecule has 0 amide bonds. The number of hydrogen-bond acceptors (Lipinski definition) is 4. The standard InChI is InChI=1S/C18H27NO2S.ClH/c1-5-14(2)22-18(16-9-7-6-8-10-16)11-12-19(4)13-17(18)21-15(3)20;/h6-10,14,17H,5,11-13H2,1-4H3;1H. The molecule has 0 bridgehead atoms. The van der Waals surface area contributed by atoms with E-state index >= 15 is 0 Å². The first-order chi connectivity index (χ1) is 10.5. The van der Waals surface area contributed by atoms with Crippen molar-refractivity contribution in [2.24, 2.45) is 0 Å². The van der Waals surface area contributed by atoms with Gasteiger partial charge >= 0.3 is 5.97 Å². The summed E-state index contributed by atoms with van der Waals surface area (Å²) in [6.45, 7) is 7.80. The molecule has 3 atom stereocenters. The third-order valence-corrected chi connectivity index (χ3v) is 6.28. The molecule has 1 fully saturated rings. The number of halogens is 1. The third-order valence-electron chi connectivity index (χ3n) is 4.42. The van der Waals surface area contributed by atoms with Crippen LogP contribution in [0.5, 0.6) is 0 Å². The van der Waals surface area contributed by atoms with E-state index in [0.717, 1.165) is 25.9 Å². The van der Waals surface area contributed by atoms with Crippen LogP contribution < -0.4 is 0 Å². The number of esters is 1. The van der Waals surface area contributed by atoms with E-state index in [1.807, 2.05) is 17.8 Å². The van der Waals surface area contributed by atoms with E-state index in [-0.39, 0.29) is 29.2 Å². The fraction of sp³-hybridized carbons (Fsp3) is 0.611. The molecule has 5 heteroatoms. The Hall–Kier alpha value is -0.710. The van der Waals surface area contributed by atoms with Crippen LogP contribution >= 0.6 is 24.2 Å². The monoisotopic (exact) mass is 357 g/mol. The Morgan fingerprint density at radius 1 is 1.43 bits per heavy atom. The predicted molar refractivity (Wildman–Crippen MR) is 100 cm³/mol. The number of likely N-dealkylation sites (tertiary alicyclic amines) is 1. The number of benzene rings is 1. The molecule has 1 aromatic rings. The quantitative estimate of drug-likeness (QED) is 0.742. The molecule has 0 N–H and O–H groups in total. The maximum atomic E-state index is 11.6. The van der Waals surface area contributed by atoms with E-state index in [0.29, 0.717) is 5.25 Å². The summed E-state index contributed by atoms with van der Waals surface area (Å²) in [6, 6.07) is 10.6. The largest absolute Gasteiger partial charge is 0.459 e. The summed E-state index contributed by atoms with van der Waals surface area (Å²) in [5.41, 5.74) is 1.28. The zero-order valence-electron chi connectivity index (χ0n) is 14.5. The average Bonchev–Trinajstić information content (AvgIpc) is 2.50. The molecule has 0 aromatic heterocycles. The van der Waals surface area contributed by atoms with Gasteiger partial charge in [0.05, 0.1) is 4.75 Å². The fourth-order valence-electron chi connectivity index (χ4n) is 3.07. The number of rotatable bonds is 5. The SMILES string of the molecule is CCC(C)SC1(c2ccccc2)CCN(C)CC1OC(C)=O.Cl. The van der Waals surface area contributed by atoms with Gasteiger partial charge in [-0.25, -0.2) is 0 Å². The van der Waals surface area contributed by atoms with Gasteiger partial charge in [-0.1, -0.05) is 44.2 Å². The summed E-state index contributed by atoms with van der Waals surface area (Å²) in [6.07, 6.45) is 2.01. The highest BCUT2D eigenvalue weighted by atomic mass is 35.5. The van der Waals surface area contributed by atoms with Crippen LogP contribution in [0.15, 0.2) is 30.3 Å². The first kappa shape index (κ1) is 20.3. The van der Waals surface area contributed by atoms with Crippen molar-refractivity contribution in [1.29, 1.82) is 0 Å². The number of nitrogens with zero attached hydrogens (tertiary/aromatic N) is 1. The second-order valence-corrected chi connectivity index (χ2v) is 7.97. The van der Waals surface area contributed by atoms with Gasteiger partial charge in [0.15, 0.2) is 0 Å². The normalized spacial score (nSPS) is 26.2. The van der Waals surface area contributed by atoms with Gasteiger partial charge < -0.3 is 9.64 Å². The van der Waals surface area contributed by atoms with E-state index in [4.69, 9.17) is 4.74 Å². The molecular weight excluding hydrogens is 330 g/mol. The number of thioether (sulfide) groups is 1. The lowest BCUT2D eigenvalue weighted by molar-refractivity contribution is -0.150. The molecule has 23 heavy (non-hydrogen) atoms. The van der Waals surface area contributed by atoms with E-state index in [2.05, 4.69) is 50.1 Å². The van der Waals surface area contributed by atoms with Crippen LogP contribution in [0.4, 0.5) is 0 Å². The third kappa shape index (κ3) is 4.88. The lowest BCUT2D eigenvalue weighted by atomic mass is 9.86. The Kier molecular flexibility index (Phi) is 7.91. The van der Waals surface area contributed by atoms with Crippen molar-refractivity contribution in [2.75, 3.05) is 20.1 Å². The number of ether oxygens (including phenoxy) is 1. The van der Waals surface area contributed by atoms with Crippen molar-refractivity contribution in [3.8, 4) is 0 Å². The fourth-order valence-corrected chi connectivity index (χ4v) is 4.71. The molecule has 0 radical (unpaired) electrons. The Balaban J connectivity index is 0.00000264. The molecule has 1 saturated heterocycles. The molecule has 1 aromatic carbocycles. The van der Waals surface area contributed by atoms with Crippen LogP contribution in [0.25, 0.3) is 0 Å². The van der Waals surface area contributed by atoms with E-state index in [1.165, 1.54) is 12.5 Å². The summed E-state index contributed by atoms with van der Waals surface area (Å²) in [7, 11) is 2.10. The molecule has 1 aliphatic rings. The summed E-state index contributed by atoms with van der Waals surface area (Å²) in [5.74, 6) is -0.189. The number of hydrogen-bond donors (Lipinski definition) is 0. The van der Waals surface area contributed by atoms with Crippen molar-refractivity contribution >= 4 is 30.1 Å². The highest BCUT2D eigenvalue weighted by Gasteiger charge is 2.47. The first-order valence-corrected chi connectivity index (χ1v) is 8.95. The van der Waals surface area contributed by atoms with E-state index in [1.54, 1.807) is 0 Å². The minimum atomic E-state index is -0.189. The maximum Gasteiger partial charge on any atom is 0.303 e. The second-order valence-electron chi connectivity index (χ2n) is 6.20. The minimum Gasteiger partial charge on any atom is -0.459 e. The van der Waals surface area contributed by atoms with E-state index in [9.17, 15) is 4.79 Å². The minimum absolute atomic E-state index is 0. The molecule has 0 saturated carbocycles. The Morgan fingerprint density at radius 2 is 2.09 bits per heavy atom. The molecule has 0 spiro atoms. The van der Waals surface area contributed by atoms with Crippen LogP contribution in [0.3, 0.4) is 0 Å². The summed E-state index contributed by atoms with van der Waals surface area (Å²) >= 11 is 1.97. The first-order valence-electron chi connectivity index (χ1n) is 8.07. The zero-order valence-corrected chi connectivity index (χ0v) is 16.1. The van der Waals surface area contributed by atoms with Crippen LogP contribution in [0.1, 0.15) is 39.2 Å². The van der Waals surface area contributed by atoms with E-state index < -0.39 is 0 Å². The lowest BCUT2D eigenvalue weighted by Gasteiger charge is -2.47. The van der Waals surface area contributed by atoms with Gasteiger partial charge in [0.25, 0.3) is 0 Å². The van der Waals surface area contributed by atoms with Crippen LogP contribution in [-0.4, -0.2) is 42.4 Å². The smallest absolute Gasteiger partial charge is 0.303 e. The van der Waals surface area contributed by atoms with Gasteiger partial charge in [-0.3, -0.25) is 4.79 Å². The predicted octanol–water partition coefficient (Wildman–Crippen LogP) is 4.10. The van der Waals surface area contributed by atoms with Crippen molar-refractivity contribution in [1.82, 2.24) is 4.90 Å². The van der Waals surface area contributed by atoms with Crippen molar-refractivity contribution in [3.05, 3.63) is 35.9 Å². The Morgan fingerprint density at radius 3 is 2.65 bits per heavy atom. The van der Waals surface area contributed by atoms with Crippen LogP contribution in [0, 0.1) is 0 Å². The summed E-state index contributed by atoms with van der Waals surface area (Å²) in [5, 5.41) is 0.529. The van der Waals surface area contributed by atoms with Gasteiger partial charge in [0.2, 0.25) is 0 Å². The van der Waals surface area contributed by atoms with Gasteiger partial charge in [-0.15, -0.1) is 24.2 Å². The average molecular weight is 358 g/mol. The molecule has 3 unspecified atom stereocenters. The van der Waals surface area contributed by atoms with Crippen molar-refractivity contribution < 1.29 is 9.53 Å². The highest BCUT2D eigenvalue weighted by Crippen LogP contribution is 2.48. The molecule has 130 valence electrons. The number of piperidine rings is 1. The van der Waals surface area contributed by atoms with Gasteiger partial charge in [0, 0.05) is 18.7 Å². The number of carbonyl (C=O) groups excluding carboxylic acids is 1. The van der Waals surface area contributed by atoms with Crippen LogP contribution in [0.2, 0.25) is 0 Å². The number of likely N-dealkylation sites (N-methyl/N-ethyl adjacent to an activating group) is 1. The Bertz CT molecular complexity index is 499. The highest BCUT2D eigenvalue weighted by molar-refractivity contribution is 8.00. The lowest BCUT2D eigenvalue weighted by Crippen LogP contribution is -2.53. The van der Waals surface area contributed by atoms with Crippen LogP contribution in [-0.2, 0) is 14.3 Å². The topological polar surface area (TPSA) is 29.5 Å².